The highest BCUT2D eigenvalue weighted by molar-refractivity contribution is 6.09. The second-order valence-electron chi connectivity index (χ2n) is 7.57. The molecule has 0 saturated heterocycles. The van der Waals surface area contributed by atoms with Gasteiger partial charge in [0.05, 0.1) is 6.26 Å². The van der Waals surface area contributed by atoms with Crippen LogP contribution in [-0.2, 0) is 6.42 Å². The molecule has 0 saturated carbocycles. The lowest BCUT2D eigenvalue weighted by Crippen LogP contribution is -2.04. The van der Waals surface area contributed by atoms with Crippen LogP contribution < -0.4 is 0 Å². The van der Waals surface area contributed by atoms with Crippen LogP contribution in [0, 0.1) is 0 Å². The fourth-order valence-corrected chi connectivity index (χ4v) is 4.29. The van der Waals surface area contributed by atoms with Gasteiger partial charge in [0.25, 0.3) is 0 Å². The Balaban J connectivity index is 0.000000249. The molecule has 0 amide bonds. The van der Waals surface area contributed by atoms with Crippen molar-refractivity contribution in [1.29, 1.82) is 0 Å². The topological polar surface area (TPSA) is 30.2 Å². The van der Waals surface area contributed by atoms with Crippen LogP contribution in [0.2, 0.25) is 0 Å². The van der Waals surface area contributed by atoms with Gasteiger partial charge in [-0.2, -0.15) is 0 Å². The van der Waals surface area contributed by atoms with Crippen molar-refractivity contribution in [1.82, 2.24) is 0 Å². The number of carbonyl (C=O) groups is 1. The number of rotatable bonds is 2. The third kappa shape index (κ3) is 3.75. The van der Waals surface area contributed by atoms with E-state index in [0.717, 1.165) is 6.42 Å². The molecule has 5 rings (SSSR count). The summed E-state index contributed by atoms with van der Waals surface area (Å²) in [5.41, 5.74) is 6.23. The number of hydrogen-bond acceptors (Lipinski definition) is 2. The van der Waals surface area contributed by atoms with Crippen LogP contribution in [0.1, 0.15) is 54.8 Å². The van der Waals surface area contributed by atoms with Crippen molar-refractivity contribution in [2.75, 3.05) is 0 Å². The van der Waals surface area contributed by atoms with Crippen LogP contribution in [-0.4, -0.2) is 6.29 Å². The minimum Gasteiger partial charge on any atom is -0.462 e. The molecular weight excluding hydrogens is 356 g/mol. The molecule has 0 aliphatic heterocycles. The van der Waals surface area contributed by atoms with Crippen LogP contribution in [0.15, 0.2) is 76.9 Å². The van der Waals surface area contributed by atoms with Gasteiger partial charge in [0, 0.05) is 0 Å². The SMILES string of the molecule is CCC(C)=C1CCCc2c1ccc1c2ccc2ccccc21.O=Cc1ccco1. The van der Waals surface area contributed by atoms with Crippen LogP contribution in [0.5, 0.6) is 0 Å². The number of furan rings is 1. The maximum Gasteiger partial charge on any atom is 0.185 e. The van der Waals surface area contributed by atoms with Gasteiger partial charge in [-0.25, -0.2) is 0 Å². The number of hydrogen-bond donors (Lipinski definition) is 0. The molecule has 0 N–H and O–H groups in total. The van der Waals surface area contributed by atoms with Gasteiger partial charge in [-0.1, -0.05) is 61.0 Å². The van der Waals surface area contributed by atoms with E-state index < -0.39 is 0 Å². The molecule has 3 aromatic carbocycles. The summed E-state index contributed by atoms with van der Waals surface area (Å²) in [6, 6.07) is 21.3. The number of benzene rings is 3. The zero-order valence-electron chi connectivity index (χ0n) is 17.1. The molecule has 1 aromatic heterocycles. The molecule has 0 spiro atoms. The maximum atomic E-state index is 9.77. The number of aryl methyl sites for hydroxylation is 1. The summed E-state index contributed by atoms with van der Waals surface area (Å²) < 4.78 is 4.61. The van der Waals surface area contributed by atoms with Gasteiger partial charge in [0.15, 0.2) is 12.0 Å². The first-order valence-corrected chi connectivity index (χ1v) is 10.3. The van der Waals surface area contributed by atoms with E-state index in [9.17, 15) is 4.79 Å². The van der Waals surface area contributed by atoms with E-state index in [2.05, 4.69) is 66.8 Å². The van der Waals surface area contributed by atoms with Crippen molar-refractivity contribution in [3.63, 3.8) is 0 Å². The Hall–Kier alpha value is -3.13. The molecule has 4 aromatic rings. The second kappa shape index (κ2) is 8.48. The van der Waals surface area contributed by atoms with E-state index in [0.29, 0.717) is 12.0 Å². The highest BCUT2D eigenvalue weighted by Gasteiger charge is 2.18. The van der Waals surface area contributed by atoms with E-state index in [1.807, 2.05) is 0 Å². The lowest BCUT2D eigenvalue weighted by molar-refractivity contribution is 0.110. The normalized spacial score (nSPS) is 14.8. The highest BCUT2D eigenvalue weighted by Crippen LogP contribution is 2.39. The van der Waals surface area contributed by atoms with Crippen molar-refractivity contribution in [3.8, 4) is 0 Å². The average molecular weight is 383 g/mol. The first-order chi connectivity index (χ1) is 14.2. The van der Waals surface area contributed by atoms with E-state index in [-0.39, 0.29) is 0 Å². The maximum absolute atomic E-state index is 9.77. The zero-order valence-corrected chi connectivity index (χ0v) is 17.1. The van der Waals surface area contributed by atoms with Crippen molar-refractivity contribution in [2.24, 2.45) is 0 Å². The third-order valence-electron chi connectivity index (χ3n) is 5.92. The molecule has 0 unspecified atom stereocenters. The molecule has 1 aliphatic rings. The number of fused-ring (bicyclic) bond motifs is 5. The van der Waals surface area contributed by atoms with Gasteiger partial charge in [0.1, 0.15) is 0 Å². The first-order valence-electron chi connectivity index (χ1n) is 10.3. The predicted molar refractivity (Wildman–Crippen MR) is 121 cm³/mol. The number of aldehydes is 1. The smallest absolute Gasteiger partial charge is 0.185 e. The van der Waals surface area contributed by atoms with Crippen LogP contribution in [0.4, 0.5) is 0 Å². The fraction of sp³-hybridized carbons (Fsp3) is 0.222. The predicted octanol–water partition coefficient (Wildman–Crippen LogP) is 7.60. The third-order valence-corrected chi connectivity index (χ3v) is 5.92. The first kappa shape index (κ1) is 19.2. The molecule has 146 valence electrons. The van der Waals surface area contributed by atoms with E-state index in [4.69, 9.17) is 0 Å². The molecule has 29 heavy (non-hydrogen) atoms. The zero-order chi connectivity index (χ0) is 20.2. The lowest BCUT2D eigenvalue weighted by atomic mass is 9.81. The highest BCUT2D eigenvalue weighted by atomic mass is 16.3. The minimum atomic E-state index is 0.375. The average Bonchev–Trinajstić information content (AvgIpc) is 3.32. The largest absolute Gasteiger partial charge is 0.462 e. The van der Waals surface area contributed by atoms with Gasteiger partial charge in [-0.3, -0.25) is 4.79 Å². The summed E-state index contributed by atoms with van der Waals surface area (Å²) in [6.45, 7) is 4.57. The van der Waals surface area contributed by atoms with Gasteiger partial charge >= 0.3 is 0 Å². The van der Waals surface area contributed by atoms with Crippen LogP contribution >= 0.6 is 0 Å². The lowest BCUT2D eigenvalue weighted by Gasteiger charge is -2.23. The molecule has 2 nitrogen and oxygen atoms in total. The molecule has 0 fully saturated rings. The molecular formula is C27H26O2. The molecule has 0 atom stereocenters. The molecule has 2 heteroatoms. The summed E-state index contributed by atoms with van der Waals surface area (Å²) >= 11 is 0. The Bertz CT molecular complexity index is 1180. The van der Waals surface area contributed by atoms with Crippen molar-refractivity contribution in [2.45, 2.75) is 39.5 Å². The monoisotopic (exact) mass is 382 g/mol. The Morgan fingerprint density at radius 3 is 2.48 bits per heavy atom. The van der Waals surface area contributed by atoms with Crippen molar-refractivity contribution in [3.05, 3.63) is 89.4 Å². The second-order valence-corrected chi connectivity index (χ2v) is 7.57. The molecule has 1 heterocycles. The quantitative estimate of drug-likeness (QED) is 0.264. The number of carbonyl (C=O) groups excluding carboxylic acids is 1. The Morgan fingerprint density at radius 1 is 0.931 bits per heavy atom. The van der Waals surface area contributed by atoms with E-state index >= 15 is 0 Å². The van der Waals surface area contributed by atoms with E-state index in [1.54, 1.807) is 28.8 Å². The summed E-state index contributed by atoms with van der Waals surface area (Å²) in [6.07, 6.45) is 7.02. The van der Waals surface area contributed by atoms with Gasteiger partial charge in [-0.05, 0) is 83.0 Å². The Morgan fingerprint density at radius 2 is 1.76 bits per heavy atom. The Kier molecular flexibility index (Phi) is 5.62. The summed E-state index contributed by atoms with van der Waals surface area (Å²) in [5, 5.41) is 5.59. The van der Waals surface area contributed by atoms with Crippen molar-refractivity contribution >= 4 is 33.4 Å². The van der Waals surface area contributed by atoms with Crippen molar-refractivity contribution < 1.29 is 9.21 Å². The molecule has 1 aliphatic carbocycles. The van der Waals surface area contributed by atoms with Gasteiger partial charge in [-0.15, -0.1) is 0 Å². The fourth-order valence-electron chi connectivity index (χ4n) is 4.29. The summed E-state index contributed by atoms with van der Waals surface area (Å²) in [4.78, 5) is 9.77. The Labute approximate surface area is 171 Å². The van der Waals surface area contributed by atoms with Gasteiger partial charge in [0.2, 0.25) is 0 Å². The van der Waals surface area contributed by atoms with Crippen LogP contribution in [0.3, 0.4) is 0 Å². The summed E-state index contributed by atoms with van der Waals surface area (Å²) in [7, 11) is 0. The minimum absolute atomic E-state index is 0.375. The number of allylic oxidation sites excluding steroid dienone is 2. The molecule has 0 radical (unpaired) electrons. The standard InChI is InChI=1S/C22H22.C5H4O2/c1-3-15(2)17-9-6-10-19-20(17)13-14-21-18-8-5-4-7-16(18)11-12-22(19)21;6-4-5-2-1-3-7-5/h4-5,7-8,11-14H,3,6,9-10H2,1-2H3;1-4H. The van der Waals surface area contributed by atoms with E-state index in [1.165, 1.54) is 52.6 Å². The van der Waals surface area contributed by atoms with Gasteiger partial charge < -0.3 is 4.42 Å². The molecule has 0 bridgehead atoms. The van der Waals surface area contributed by atoms with Crippen LogP contribution in [0.25, 0.3) is 27.1 Å². The summed E-state index contributed by atoms with van der Waals surface area (Å²) in [5.74, 6) is 0.375.